The summed E-state index contributed by atoms with van der Waals surface area (Å²) < 4.78 is 0. The molecule has 1 aromatic heterocycles. The van der Waals surface area contributed by atoms with Gasteiger partial charge in [-0.15, -0.1) is 22.9 Å². The van der Waals surface area contributed by atoms with Gasteiger partial charge in [0.25, 0.3) is 5.69 Å². The number of nitrogens with zero attached hydrogens (tertiary/aromatic N) is 2. The highest BCUT2D eigenvalue weighted by molar-refractivity contribution is 7.14. The maximum Gasteiger partial charge on any atom is 0.270 e. The molecule has 20 heavy (non-hydrogen) atoms. The van der Waals surface area contributed by atoms with Gasteiger partial charge >= 0.3 is 0 Å². The zero-order chi connectivity index (χ0) is 14.7. The Labute approximate surface area is 123 Å². The van der Waals surface area contributed by atoms with Crippen molar-refractivity contribution in [3.8, 4) is 11.3 Å². The third-order valence-corrected chi connectivity index (χ3v) is 3.40. The number of nitrogens with one attached hydrogen (secondary N) is 1. The zero-order valence-corrected chi connectivity index (χ0v) is 11.9. The molecule has 1 N–H and O–H groups in total. The van der Waals surface area contributed by atoms with Gasteiger partial charge in [0.2, 0.25) is 5.91 Å². The number of hydrogen-bond acceptors (Lipinski definition) is 5. The van der Waals surface area contributed by atoms with E-state index in [1.54, 1.807) is 24.4 Å². The molecule has 0 saturated heterocycles. The van der Waals surface area contributed by atoms with Gasteiger partial charge < -0.3 is 5.32 Å². The maximum absolute atomic E-state index is 11.4. The van der Waals surface area contributed by atoms with Gasteiger partial charge in [0, 0.05) is 23.1 Å². The van der Waals surface area contributed by atoms with Crippen LogP contribution in [0.25, 0.3) is 11.3 Å². The first-order valence-corrected chi connectivity index (χ1v) is 6.94. The number of carbonyl (C=O) groups is 1. The molecule has 6 nitrogen and oxygen atoms in total. The van der Waals surface area contributed by atoms with E-state index in [4.69, 9.17) is 11.6 Å². The second-order valence-electron chi connectivity index (χ2n) is 3.95. The maximum atomic E-state index is 11.4. The molecule has 2 aromatic rings. The van der Waals surface area contributed by atoms with Crippen LogP contribution >= 0.6 is 22.9 Å². The van der Waals surface area contributed by atoms with Crippen molar-refractivity contribution in [1.82, 2.24) is 4.98 Å². The first-order valence-electron chi connectivity index (χ1n) is 5.62. The average Bonchev–Trinajstić information content (AvgIpc) is 2.87. The van der Waals surface area contributed by atoms with Crippen molar-refractivity contribution in [2.75, 3.05) is 5.32 Å². The van der Waals surface area contributed by atoms with Crippen LogP contribution in [-0.2, 0) is 4.79 Å². The van der Waals surface area contributed by atoms with E-state index in [9.17, 15) is 14.9 Å². The van der Waals surface area contributed by atoms with Gasteiger partial charge in [-0.2, -0.15) is 0 Å². The number of thiazole rings is 1. The summed E-state index contributed by atoms with van der Waals surface area (Å²) in [5.41, 5.74) is 1.18. The lowest BCUT2D eigenvalue weighted by atomic mass is 10.1. The number of aromatic nitrogens is 1. The van der Waals surface area contributed by atoms with Gasteiger partial charge in [-0.1, -0.05) is 12.1 Å². The second-order valence-corrected chi connectivity index (χ2v) is 5.46. The number of non-ortho nitro benzene ring substituents is 1. The van der Waals surface area contributed by atoms with E-state index in [0.29, 0.717) is 16.4 Å². The molecule has 104 valence electrons. The van der Waals surface area contributed by atoms with Gasteiger partial charge in [-0.25, -0.2) is 4.98 Å². The van der Waals surface area contributed by atoms with Crippen LogP contribution < -0.4 is 5.32 Å². The smallest absolute Gasteiger partial charge is 0.270 e. The van der Waals surface area contributed by atoms with Gasteiger partial charge in [0.05, 0.1) is 10.6 Å². The van der Waals surface area contributed by atoms with Gasteiger partial charge in [0.15, 0.2) is 5.13 Å². The number of rotatable bonds is 4. The largest absolute Gasteiger partial charge is 0.301 e. The standard InChI is InChI=1S/C12H10ClN3O3S/c1-7(13)11(17)15-12-14-10(6-20-12)8-3-2-4-9(5-8)16(18)19/h2-7H,1H3,(H,14,15,17). The lowest BCUT2D eigenvalue weighted by Gasteiger charge is -2.01. The fourth-order valence-corrected chi connectivity index (χ4v) is 2.22. The number of anilines is 1. The average molecular weight is 312 g/mol. The lowest BCUT2D eigenvalue weighted by molar-refractivity contribution is -0.384. The molecular weight excluding hydrogens is 302 g/mol. The topological polar surface area (TPSA) is 85.1 Å². The molecule has 0 radical (unpaired) electrons. The first-order chi connectivity index (χ1) is 9.47. The van der Waals surface area contributed by atoms with Crippen LogP contribution in [0.4, 0.5) is 10.8 Å². The molecule has 1 heterocycles. The summed E-state index contributed by atoms with van der Waals surface area (Å²) in [4.78, 5) is 25.9. The molecule has 2 rings (SSSR count). The van der Waals surface area contributed by atoms with Crippen molar-refractivity contribution in [2.24, 2.45) is 0 Å². The van der Waals surface area contributed by atoms with Crippen LogP contribution in [0.3, 0.4) is 0 Å². The Kier molecular flexibility index (Phi) is 4.31. The monoisotopic (exact) mass is 311 g/mol. The van der Waals surface area contributed by atoms with Crippen molar-refractivity contribution in [3.63, 3.8) is 0 Å². The number of alkyl halides is 1. The molecular formula is C12H10ClN3O3S. The van der Waals surface area contributed by atoms with Crippen molar-refractivity contribution >= 4 is 39.7 Å². The van der Waals surface area contributed by atoms with Crippen LogP contribution in [-0.4, -0.2) is 21.2 Å². The summed E-state index contributed by atoms with van der Waals surface area (Å²) in [5.74, 6) is -0.341. The van der Waals surface area contributed by atoms with E-state index < -0.39 is 10.3 Å². The number of hydrogen-bond donors (Lipinski definition) is 1. The minimum Gasteiger partial charge on any atom is -0.301 e. The molecule has 0 aliphatic rings. The molecule has 1 aromatic carbocycles. The number of nitro benzene ring substituents is 1. The minimum atomic E-state index is -0.653. The predicted octanol–water partition coefficient (Wildman–Crippen LogP) is 3.28. The highest BCUT2D eigenvalue weighted by Crippen LogP contribution is 2.27. The number of carbonyl (C=O) groups excluding carboxylic acids is 1. The van der Waals surface area contributed by atoms with Crippen LogP contribution in [0.15, 0.2) is 29.6 Å². The summed E-state index contributed by atoms with van der Waals surface area (Å²) in [6.45, 7) is 1.56. The minimum absolute atomic E-state index is 0.00420. The fourth-order valence-electron chi connectivity index (χ4n) is 1.45. The van der Waals surface area contributed by atoms with E-state index >= 15 is 0 Å². The summed E-state index contributed by atoms with van der Waals surface area (Å²) in [6, 6.07) is 6.16. The molecule has 8 heteroatoms. The van der Waals surface area contributed by atoms with Crippen LogP contribution in [0, 0.1) is 10.1 Å². The van der Waals surface area contributed by atoms with Gasteiger partial charge in [0.1, 0.15) is 5.38 Å². The normalized spacial score (nSPS) is 11.9. The highest BCUT2D eigenvalue weighted by Gasteiger charge is 2.13. The van der Waals surface area contributed by atoms with Crippen molar-refractivity contribution < 1.29 is 9.72 Å². The molecule has 0 aliphatic carbocycles. The number of benzene rings is 1. The van der Waals surface area contributed by atoms with Crippen molar-refractivity contribution in [3.05, 3.63) is 39.8 Å². The Morgan fingerprint density at radius 1 is 1.55 bits per heavy atom. The Bertz CT molecular complexity index is 657. The quantitative estimate of drug-likeness (QED) is 0.533. The molecule has 0 aliphatic heterocycles. The van der Waals surface area contributed by atoms with Crippen LogP contribution in [0.1, 0.15) is 6.92 Å². The molecule has 0 saturated carbocycles. The SMILES string of the molecule is CC(Cl)C(=O)Nc1nc(-c2cccc([N+](=O)[O-])c2)cs1. The van der Waals surface area contributed by atoms with E-state index in [-0.39, 0.29) is 11.6 Å². The molecule has 1 atom stereocenters. The van der Waals surface area contributed by atoms with Crippen LogP contribution in [0.2, 0.25) is 0 Å². The summed E-state index contributed by atoms with van der Waals surface area (Å²) in [6.07, 6.45) is 0. The number of nitro groups is 1. The third kappa shape index (κ3) is 3.31. The van der Waals surface area contributed by atoms with Gasteiger partial charge in [-0.05, 0) is 6.92 Å². The predicted molar refractivity (Wildman–Crippen MR) is 78.1 cm³/mol. The first kappa shape index (κ1) is 14.4. The summed E-state index contributed by atoms with van der Waals surface area (Å²) in [5, 5.41) is 14.8. The Hall–Kier alpha value is -1.99. The Morgan fingerprint density at radius 3 is 2.95 bits per heavy atom. The fraction of sp³-hybridized carbons (Fsp3) is 0.167. The van der Waals surface area contributed by atoms with Gasteiger partial charge in [-0.3, -0.25) is 14.9 Å². The van der Waals surface area contributed by atoms with E-state index in [1.807, 2.05) is 0 Å². The second kappa shape index (κ2) is 5.98. The van der Waals surface area contributed by atoms with Crippen molar-refractivity contribution in [2.45, 2.75) is 12.3 Å². The highest BCUT2D eigenvalue weighted by atomic mass is 35.5. The molecule has 0 fully saturated rings. The number of amides is 1. The summed E-state index contributed by atoms with van der Waals surface area (Å²) in [7, 11) is 0. The third-order valence-electron chi connectivity index (χ3n) is 2.45. The molecule has 1 unspecified atom stereocenters. The number of halogens is 1. The van der Waals surface area contributed by atoms with E-state index in [0.717, 1.165) is 0 Å². The van der Waals surface area contributed by atoms with E-state index in [2.05, 4.69) is 10.3 Å². The zero-order valence-electron chi connectivity index (χ0n) is 10.4. The molecule has 1 amide bonds. The lowest BCUT2D eigenvalue weighted by Crippen LogP contribution is -2.20. The van der Waals surface area contributed by atoms with Crippen LogP contribution in [0.5, 0.6) is 0 Å². The Balaban J connectivity index is 2.22. The Morgan fingerprint density at radius 2 is 2.30 bits per heavy atom. The van der Waals surface area contributed by atoms with Crippen molar-refractivity contribution in [1.29, 1.82) is 0 Å². The summed E-state index contributed by atoms with van der Waals surface area (Å²) >= 11 is 6.88. The molecule has 0 bridgehead atoms. The molecule has 0 spiro atoms. The van der Waals surface area contributed by atoms with E-state index in [1.165, 1.54) is 23.5 Å².